The van der Waals surface area contributed by atoms with E-state index in [-0.39, 0.29) is 17.7 Å². The summed E-state index contributed by atoms with van der Waals surface area (Å²) in [6.07, 6.45) is 3.42. The quantitative estimate of drug-likeness (QED) is 0.905. The van der Waals surface area contributed by atoms with Crippen LogP contribution < -0.4 is 5.32 Å². The van der Waals surface area contributed by atoms with Gasteiger partial charge in [0.25, 0.3) is 0 Å². The van der Waals surface area contributed by atoms with E-state index in [2.05, 4.69) is 5.32 Å². The minimum absolute atomic E-state index is 0.0318. The van der Waals surface area contributed by atoms with Crippen molar-refractivity contribution in [1.82, 2.24) is 5.32 Å². The molecule has 0 saturated carbocycles. The molecule has 1 aliphatic heterocycles. The maximum absolute atomic E-state index is 11.7. The van der Waals surface area contributed by atoms with Gasteiger partial charge in [-0.25, -0.2) is 8.42 Å². The lowest BCUT2D eigenvalue weighted by molar-refractivity contribution is -0.121. The van der Waals surface area contributed by atoms with Crippen LogP contribution in [0.2, 0.25) is 5.02 Å². The zero-order chi connectivity index (χ0) is 14.6. The summed E-state index contributed by atoms with van der Waals surface area (Å²) in [4.78, 5) is 11.7. The Hall–Kier alpha value is -1.33. The number of sulfone groups is 1. The maximum atomic E-state index is 11.7. The summed E-state index contributed by atoms with van der Waals surface area (Å²) in [7, 11) is -3.12. The molecule has 4 nitrogen and oxygen atoms in total. The number of rotatable bonds is 5. The number of benzene rings is 1. The first-order valence-electron chi connectivity index (χ1n) is 6.39. The van der Waals surface area contributed by atoms with Gasteiger partial charge in [0.1, 0.15) is 0 Å². The molecular weight excluding hydrogens is 298 g/mol. The van der Waals surface area contributed by atoms with E-state index in [1.54, 1.807) is 0 Å². The van der Waals surface area contributed by atoms with Crippen LogP contribution in [0.1, 0.15) is 18.4 Å². The van der Waals surface area contributed by atoms with Gasteiger partial charge in [0.2, 0.25) is 5.91 Å². The second kappa shape index (κ2) is 6.41. The molecule has 1 aromatic rings. The van der Waals surface area contributed by atoms with Gasteiger partial charge in [-0.2, -0.15) is 0 Å². The van der Waals surface area contributed by atoms with Crippen molar-refractivity contribution in [1.29, 1.82) is 0 Å². The fourth-order valence-electron chi connectivity index (χ4n) is 2.05. The molecule has 0 radical (unpaired) electrons. The largest absolute Gasteiger partial charge is 0.349 e. The fourth-order valence-corrected chi connectivity index (χ4v) is 3.41. The third kappa shape index (κ3) is 4.65. The fraction of sp³-hybridized carbons (Fsp3) is 0.357. The highest BCUT2D eigenvalue weighted by Crippen LogP contribution is 2.12. The van der Waals surface area contributed by atoms with Gasteiger partial charge in [0.05, 0.1) is 11.8 Å². The summed E-state index contributed by atoms with van der Waals surface area (Å²) in [6.45, 7) is 0. The summed E-state index contributed by atoms with van der Waals surface area (Å²) >= 11 is 5.79. The second-order valence-corrected chi connectivity index (χ2v) is 7.18. The van der Waals surface area contributed by atoms with E-state index < -0.39 is 9.84 Å². The third-order valence-electron chi connectivity index (χ3n) is 3.06. The van der Waals surface area contributed by atoms with E-state index in [4.69, 9.17) is 11.6 Å². The van der Waals surface area contributed by atoms with E-state index in [0.717, 1.165) is 23.8 Å². The molecule has 1 atom stereocenters. The number of hydrogen-bond donors (Lipinski definition) is 1. The molecule has 6 heteroatoms. The van der Waals surface area contributed by atoms with E-state index in [9.17, 15) is 13.2 Å². The van der Waals surface area contributed by atoms with Crippen LogP contribution in [0.3, 0.4) is 0 Å². The number of nitrogens with one attached hydrogen (secondary N) is 1. The average Bonchev–Trinajstić information content (AvgIpc) is 2.71. The molecule has 2 rings (SSSR count). The third-order valence-corrected chi connectivity index (χ3v) is 4.71. The first-order valence-corrected chi connectivity index (χ1v) is 8.49. The monoisotopic (exact) mass is 313 g/mol. The van der Waals surface area contributed by atoms with Gasteiger partial charge in [-0.3, -0.25) is 4.79 Å². The Balaban J connectivity index is 1.71. The van der Waals surface area contributed by atoms with Gasteiger partial charge in [0, 0.05) is 16.9 Å². The van der Waals surface area contributed by atoms with Gasteiger partial charge in [0.15, 0.2) is 9.84 Å². The zero-order valence-corrected chi connectivity index (χ0v) is 12.5. The normalized spacial score (nSPS) is 19.9. The first kappa shape index (κ1) is 15.1. The van der Waals surface area contributed by atoms with Gasteiger partial charge < -0.3 is 5.32 Å². The van der Waals surface area contributed by atoms with Crippen molar-refractivity contribution >= 4 is 27.3 Å². The van der Waals surface area contributed by atoms with Gasteiger partial charge in [-0.1, -0.05) is 23.7 Å². The Morgan fingerprint density at radius 2 is 2.00 bits per heavy atom. The Kier molecular flexibility index (Phi) is 4.83. The molecule has 0 aliphatic carbocycles. The maximum Gasteiger partial charge on any atom is 0.220 e. The van der Waals surface area contributed by atoms with Crippen LogP contribution in [0.5, 0.6) is 0 Å². The minimum Gasteiger partial charge on any atom is -0.349 e. The molecule has 0 bridgehead atoms. The van der Waals surface area contributed by atoms with Crippen LogP contribution in [0, 0.1) is 0 Å². The molecule has 1 amide bonds. The molecule has 0 aromatic heterocycles. The lowest BCUT2D eigenvalue weighted by atomic mass is 10.1. The predicted octanol–water partition coefficient (Wildman–Crippen LogP) is 2.09. The van der Waals surface area contributed by atoms with E-state index >= 15 is 0 Å². The Morgan fingerprint density at radius 3 is 2.60 bits per heavy atom. The summed E-state index contributed by atoms with van der Waals surface area (Å²) < 4.78 is 22.4. The number of aryl methyl sites for hydroxylation is 1. The Bertz CT molecular complexity index is 608. The molecule has 0 unspecified atom stereocenters. The van der Waals surface area contributed by atoms with Crippen molar-refractivity contribution in [3.8, 4) is 0 Å². The lowest BCUT2D eigenvalue weighted by Crippen LogP contribution is -2.35. The average molecular weight is 314 g/mol. The van der Waals surface area contributed by atoms with Crippen molar-refractivity contribution in [2.45, 2.75) is 25.3 Å². The molecule has 1 aliphatic rings. The van der Waals surface area contributed by atoms with Crippen LogP contribution in [0.25, 0.3) is 0 Å². The van der Waals surface area contributed by atoms with Gasteiger partial charge in [-0.05, 0) is 36.6 Å². The SMILES string of the molecule is O=C(CCCc1ccc(Cl)cc1)N[C@@H]1C=CS(=O)(=O)C1. The topological polar surface area (TPSA) is 63.2 Å². The van der Waals surface area contributed by atoms with E-state index in [1.165, 1.54) is 6.08 Å². The standard InChI is InChI=1S/C14H16ClNO3S/c15-12-6-4-11(5-7-12)2-1-3-14(17)16-13-8-9-20(18,19)10-13/h4-9,13H,1-3,10H2,(H,16,17)/t13-/m1/s1. The van der Waals surface area contributed by atoms with Crippen molar-refractivity contribution in [3.63, 3.8) is 0 Å². The summed E-state index contributed by atoms with van der Waals surface area (Å²) in [5.41, 5.74) is 1.13. The van der Waals surface area contributed by atoms with Crippen LogP contribution >= 0.6 is 11.6 Å². The van der Waals surface area contributed by atoms with Crippen LogP contribution in [-0.4, -0.2) is 26.1 Å². The molecule has 0 fully saturated rings. The molecule has 108 valence electrons. The summed E-state index contributed by atoms with van der Waals surface area (Å²) in [6, 6.07) is 7.14. The van der Waals surface area contributed by atoms with Crippen molar-refractivity contribution in [2.75, 3.05) is 5.75 Å². The number of halogens is 1. The van der Waals surface area contributed by atoms with Crippen molar-refractivity contribution < 1.29 is 13.2 Å². The summed E-state index contributed by atoms with van der Waals surface area (Å²) in [5, 5.41) is 4.56. The molecule has 20 heavy (non-hydrogen) atoms. The highest BCUT2D eigenvalue weighted by atomic mass is 35.5. The molecular formula is C14H16ClNO3S. The molecule has 0 saturated heterocycles. The summed E-state index contributed by atoms with van der Waals surface area (Å²) in [5.74, 6) is -0.152. The number of carbonyl (C=O) groups excluding carboxylic acids is 1. The predicted molar refractivity (Wildman–Crippen MR) is 79.2 cm³/mol. The number of hydrogen-bond acceptors (Lipinski definition) is 3. The Morgan fingerprint density at radius 1 is 1.30 bits per heavy atom. The zero-order valence-electron chi connectivity index (χ0n) is 10.9. The number of amides is 1. The number of carbonyl (C=O) groups is 1. The molecule has 0 spiro atoms. The highest BCUT2D eigenvalue weighted by Gasteiger charge is 2.22. The minimum atomic E-state index is -3.12. The van der Waals surface area contributed by atoms with Gasteiger partial charge >= 0.3 is 0 Å². The highest BCUT2D eigenvalue weighted by molar-refractivity contribution is 7.94. The van der Waals surface area contributed by atoms with Crippen LogP contribution in [0.4, 0.5) is 0 Å². The van der Waals surface area contributed by atoms with Crippen LogP contribution in [-0.2, 0) is 21.1 Å². The smallest absolute Gasteiger partial charge is 0.220 e. The first-order chi connectivity index (χ1) is 9.44. The van der Waals surface area contributed by atoms with E-state index in [1.807, 2.05) is 24.3 Å². The molecule has 1 aromatic carbocycles. The second-order valence-electron chi connectivity index (χ2n) is 4.81. The Labute approximate surface area is 123 Å². The van der Waals surface area contributed by atoms with Crippen LogP contribution in [0.15, 0.2) is 35.7 Å². The van der Waals surface area contributed by atoms with Gasteiger partial charge in [-0.15, -0.1) is 0 Å². The molecule has 1 N–H and O–H groups in total. The van der Waals surface area contributed by atoms with Crippen molar-refractivity contribution in [2.24, 2.45) is 0 Å². The lowest BCUT2D eigenvalue weighted by Gasteiger charge is -2.09. The van der Waals surface area contributed by atoms with E-state index in [0.29, 0.717) is 11.4 Å². The molecule has 1 heterocycles. The van der Waals surface area contributed by atoms with Crippen molar-refractivity contribution in [3.05, 3.63) is 46.3 Å².